The number of hydrogen-bond donors (Lipinski definition) is 0. The van der Waals surface area contributed by atoms with Crippen LogP contribution in [-0.4, -0.2) is 0 Å². The zero-order valence-electron chi connectivity index (χ0n) is 11.4. The largest absolute Gasteiger partial charge is 1.00 e. The van der Waals surface area contributed by atoms with E-state index >= 15 is 0 Å². The van der Waals surface area contributed by atoms with Crippen molar-refractivity contribution in [1.82, 2.24) is 0 Å². The van der Waals surface area contributed by atoms with E-state index in [4.69, 9.17) is 75.8 Å². The molecule has 0 aliphatic carbocycles. The van der Waals surface area contributed by atoms with Gasteiger partial charge in [0.15, 0.2) is 0 Å². The Balaban J connectivity index is -0.0000000600. The summed E-state index contributed by atoms with van der Waals surface area (Å²) >= 11 is 29.6. The summed E-state index contributed by atoms with van der Waals surface area (Å²) in [5, 5.41) is 0. The van der Waals surface area contributed by atoms with Crippen molar-refractivity contribution in [3.63, 3.8) is 0 Å². The minimum absolute atomic E-state index is 0. The molecule has 0 saturated heterocycles. The zero-order chi connectivity index (χ0) is 9.46. The van der Waals surface area contributed by atoms with Gasteiger partial charge in [0.2, 0.25) is 0 Å². The van der Waals surface area contributed by atoms with Crippen LogP contribution in [-0.2, 0) is 75.8 Å². The molecule has 0 bridgehead atoms. The zero-order valence-corrected chi connectivity index (χ0v) is 28.3. The van der Waals surface area contributed by atoms with Crippen molar-refractivity contribution in [3.8, 4) is 0 Å². The molecule has 0 N–H and O–H groups in total. The molecule has 18 heavy (non-hydrogen) atoms. The molecule has 0 aliphatic rings. The van der Waals surface area contributed by atoms with Crippen LogP contribution in [0.15, 0.2) is 29.4 Å². The van der Waals surface area contributed by atoms with Crippen molar-refractivity contribution in [2.24, 2.45) is 0 Å². The Kier molecular flexibility index (Phi) is 43.6. The molecule has 0 aromatic heterocycles. The van der Waals surface area contributed by atoms with Gasteiger partial charge in [0.05, 0.1) is 0 Å². The summed E-state index contributed by atoms with van der Waals surface area (Å²) in [6.45, 7) is 0. The molecule has 1 aromatic rings. The van der Waals surface area contributed by atoms with Crippen molar-refractivity contribution < 1.29 is 177 Å². The van der Waals surface area contributed by atoms with Gasteiger partial charge in [-0.15, -0.1) is 0 Å². The van der Waals surface area contributed by atoms with Gasteiger partial charge in [-0.1, -0.05) is 0 Å². The fourth-order valence-electron chi connectivity index (χ4n) is 0.619. The van der Waals surface area contributed by atoms with Crippen LogP contribution in [0.3, 0.4) is 0 Å². The van der Waals surface area contributed by atoms with Crippen molar-refractivity contribution in [2.75, 3.05) is 0 Å². The van der Waals surface area contributed by atoms with Gasteiger partial charge in [0.25, 0.3) is 0 Å². The first-order chi connectivity index (χ1) is 5.46. The normalized spacial score (nSPS) is 6.67. The molecule has 1 aromatic carbocycles. The Morgan fingerprint density at radius 3 is 0.389 bits per heavy atom. The average molecular weight is 402 g/mol. The number of benzene rings is 1. The summed E-state index contributed by atoms with van der Waals surface area (Å²) in [5.74, 6) is 0. The van der Waals surface area contributed by atoms with E-state index < -0.39 is 0 Å². The molecule has 0 atom stereocenters. The van der Waals surface area contributed by atoms with Crippen LogP contribution in [0.1, 0.15) is 0 Å². The molecule has 12 heteroatoms. The van der Waals surface area contributed by atoms with Gasteiger partial charge in [-0.05, 0) is 0 Å². The second-order valence-electron chi connectivity index (χ2n) is 1.97. The van der Waals surface area contributed by atoms with Crippen LogP contribution in [0.5, 0.6) is 0 Å². The Bertz CT molecular complexity index is 243. The fourth-order valence-corrected chi connectivity index (χ4v) is 2.23. The fraction of sp³-hybridized carbons (Fsp3) is 0. The molecule has 66 valence electrons. The maximum absolute atomic E-state index is 4.94. The van der Waals surface area contributed by atoms with Crippen LogP contribution in [0.4, 0.5) is 0 Å². The van der Waals surface area contributed by atoms with Gasteiger partial charge in [0.1, 0.15) is 0 Å². The Morgan fingerprint density at radius 1 is 0.278 bits per heavy atom. The molecule has 0 heterocycles. The first kappa shape index (κ1) is 39.6. The summed E-state index contributed by atoms with van der Waals surface area (Å²) in [7, 11) is 0. The topological polar surface area (TPSA) is 0 Å². The first-order valence-corrected chi connectivity index (χ1v) is 5.17. The van der Waals surface area contributed by atoms with E-state index in [0.717, 1.165) is 0 Å². The van der Waals surface area contributed by atoms with E-state index in [1.165, 1.54) is 0 Å². The van der Waals surface area contributed by atoms with Crippen molar-refractivity contribution >= 4 is 75.8 Å². The molecule has 0 fully saturated rings. The molecule has 1 rings (SSSR count). The van der Waals surface area contributed by atoms with E-state index in [1.807, 2.05) is 0 Å². The molecule has 0 saturated carbocycles. The summed E-state index contributed by atoms with van der Waals surface area (Å²) in [5.41, 5.74) is 0. The maximum Gasteiger partial charge on any atom is 1.00 e. The SMILES string of the molecule is [Na+].[Na+].[Na+].[Na+].[Na+].[Na+].[S-]c1c([S-])c([S-])c([S-])c([S-])c1[S-]. The molecule has 0 aliphatic heterocycles. The summed E-state index contributed by atoms with van der Waals surface area (Å²) in [6, 6.07) is 0. The molecule has 0 radical (unpaired) electrons. The maximum atomic E-state index is 4.94. The quantitative estimate of drug-likeness (QED) is 0.310. The third-order valence-corrected chi connectivity index (χ3v) is 4.46. The third kappa shape index (κ3) is 11.2. The van der Waals surface area contributed by atoms with Crippen LogP contribution >= 0.6 is 0 Å². The van der Waals surface area contributed by atoms with E-state index in [0.29, 0.717) is 29.4 Å². The second-order valence-corrected chi connectivity index (χ2v) is 4.42. The standard InChI is InChI=1S/C6H6S6.6Na/c7-1-2(8)4(10)6(12)5(11)3(1)9;;;;;;/h7-12H;;;;;;/q;6*+1/p-6. The minimum atomic E-state index is 0. The van der Waals surface area contributed by atoms with E-state index in [1.54, 1.807) is 0 Å². The van der Waals surface area contributed by atoms with E-state index in [2.05, 4.69) is 0 Å². The van der Waals surface area contributed by atoms with E-state index in [-0.39, 0.29) is 177 Å². The first-order valence-electron chi connectivity index (χ1n) is 2.72. The summed E-state index contributed by atoms with van der Waals surface area (Å²) in [4.78, 5) is 2.35. The molecule has 0 nitrogen and oxygen atoms in total. The van der Waals surface area contributed by atoms with Crippen molar-refractivity contribution in [1.29, 1.82) is 0 Å². The van der Waals surface area contributed by atoms with Crippen LogP contribution in [0, 0.1) is 0 Å². The van der Waals surface area contributed by atoms with Crippen LogP contribution in [0.2, 0.25) is 0 Å². The van der Waals surface area contributed by atoms with Crippen LogP contribution in [0.25, 0.3) is 0 Å². The Hall–Kier alpha value is 6.54. The van der Waals surface area contributed by atoms with Gasteiger partial charge in [-0.2, -0.15) is 0 Å². The predicted molar refractivity (Wildman–Crippen MR) is 60.2 cm³/mol. The molecular weight excluding hydrogens is 402 g/mol. The predicted octanol–water partition coefficient (Wildman–Crippen LogP) is -16.9. The third-order valence-electron chi connectivity index (χ3n) is 1.24. The summed E-state index contributed by atoms with van der Waals surface area (Å²) < 4.78 is 0. The molecular formula is C6Na6S6. The van der Waals surface area contributed by atoms with Gasteiger partial charge in [-0.25, -0.2) is 29.4 Å². The van der Waals surface area contributed by atoms with E-state index in [9.17, 15) is 0 Å². The summed E-state index contributed by atoms with van der Waals surface area (Å²) in [6.07, 6.45) is 0. The Morgan fingerprint density at radius 2 is 0.333 bits per heavy atom. The van der Waals surface area contributed by atoms with Gasteiger partial charge < -0.3 is 75.8 Å². The number of rotatable bonds is 0. The van der Waals surface area contributed by atoms with Gasteiger partial charge in [-0.3, -0.25) is 0 Å². The molecule has 0 spiro atoms. The average Bonchev–Trinajstić information content (AvgIpc) is 2.08. The van der Waals surface area contributed by atoms with Gasteiger partial charge >= 0.3 is 177 Å². The monoisotopic (exact) mass is 402 g/mol. The molecule has 0 amide bonds. The second kappa shape index (κ2) is 19.9. The van der Waals surface area contributed by atoms with Crippen LogP contribution < -0.4 is 177 Å². The smallest absolute Gasteiger partial charge is 0.783 e. The van der Waals surface area contributed by atoms with Crippen molar-refractivity contribution in [3.05, 3.63) is 0 Å². The minimum Gasteiger partial charge on any atom is -0.783 e. The van der Waals surface area contributed by atoms with Gasteiger partial charge in [0, 0.05) is 0 Å². The van der Waals surface area contributed by atoms with Crippen molar-refractivity contribution in [2.45, 2.75) is 29.4 Å². The molecule has 0 unspecified atom stereocenters. The Labute approximate surface area is 275 Å². The number of hydrogen-bond acceptors (Lipinski definition) is 6.